The summed E-state index contributed by atoms with van der Waals surface area (Å²) in [5.74, 6) is -1.45. The smallest absolute Gasteiger partial charge is 0.311 e. The zero-order valence-corrected chi connectivity index (χ0v) is 18.5. The van der Waals surface area contributed by atoms with Crippen molar-refractivity contribution in [2.45, 2.75) is 94.4 Å². The molecule has 0 spiro atoms. The number of aliphatic carboxylic acids is 2. The molecule has 154 valence electrons. The summed E-state index contributed by atoms with van der Waals surface area (Å²) >= 11 is 0. The monoisotopic (exact) mass is 370 g/mol. The molecule has 0 aliphatic carbocycles. The van der Waals surface area contributed by atoms with Crippen molar-refractivity contribution < 1.29 is 19.8 Å². The van der Waals surface area contributed by atoms with Gasteiger partial charge in [0.1, 0.15) is 0 Å². The molecule has 0 aliphatic rings. The van der Waals surface area contributed by atoms with Crippen molar-refractivity contribution in [3.05, 3.63) is 0 Å². The summed E-state index contributed by atoms with van der Waals surface area (Å²) in [4.78, 5) is 25.5. The first kappa shape index (κ1) is 24.9. The Morgan fingerprint density at radius 1 is 0.846 bits per heavy atom. The molecule has 4 heteroatoms. The Hall–Kier alpha value is -1.06. The summed E-state index contributed by atoms with van der Waals surface area (Å²) in [6.07, 6.45) is 2.97. The van der Waals surface area contributed by atoms with E-state index in [0.717, 1.165) is 12.8 Å². The second-order valence-electron chi connectivity index (χ2n) is 9.44. The molecule has 0 aromatic rings. The van der Waals surface area contributed by atoms with Crippen molar-refractivity contribution >= 4 is 11.9 Å². The highest BCUT2D eigenvalue weighted by Crippen LogP contribution is 2.63. The van der Waals surface area contributed by atoms with Gasteiger partial charge in [-0.15, -0.1) is 0 Å². The van der Waals surface area contributed by atoms with E-state index >= 15 is 0 Å². The van der Waals surface area contributed by atoms with E-state index in [4.69, 9.17) is 0 Å². The van der Waals surface area contributed by atoms with E-state index in [9.17, 15) is 19.8 Å². The van der Waals surface area contributed by atoms with Gasteiger partial charge in [-0.3, -0.25) is 9.59 Å². The van der Waals surface area contributed by atoms with Crippen LogP contribution in [0.5, 0.6) is 0 Å². The Morgan fingerprint density at radius 2 is 1.35 bits per heavy atom. The Bertz CT molecular complexity index is 483. The lowest BCUT2D eigenvalue weighted by Crippen LogP contribution is -2.62. The third kappa shape index (κ3) is 4.09. The minimum absolute atomic E-state index is 0.272. The fourth-order valence-electron chi connectivity index (χ4n) is 5.66. The van der Waals surface area contributed by atoms with Gasteiger partial charge in [0.2, 0.25) is 0 Å². The van der Waals surface area contributed by atoms with E-state index in [-0.39, 0.29) is 5.92 Å². The molecule has 2 N–H and O–H groups in total. The van der Waals surface area contributed by atoms with Gasteiger partial charge >= 0.3 is 11.9 Å². The van der Waals surface area contributed by atoms with Crippen LogP contribution in [0, 0.1) is 34.0 Å². The highest BCUT2D eigenvalue weighted by Gasteiger charge is 2.68. The van der Waals surface area contributed by atoms with Gasteiger partial charge in [-0.2, -0.15) is 0 Å². The predicted molar refractivity (Wildman–Crippen MR) is 107 cm³/mol. The average Bonchev–Trinajstić information content (AvgIpc) is 2.48. The summed E-state index contributed by atoms with van der Waals surface area (Å²) in [5.41, 5.74) is -3.20. The van der Waals surface area contributed by atoms with Crippen LogP contribution in [0.1, 0.15) is 94.4 Å². The molecule has 0 amide bonds. The van der Waals surface area contributed by atoms with Crippen LogP contribution in [0.3, 0.4) is 0 Å². The molecule has 26 heavy (non-hydrogen) atoms. The SMILES string of the molecule is CCC(C(=O)O)(C(C)C)C(CC)(C(=O)O)C(C)(CCC(C)C)CC(C)C. The second kappa shape index (κ2) is 9.23. The molecule has 0 bridgehead atoms. The molecule has 0 radical (unpaired) electrons. The molecule has 0 saturated carbocycles. The van der Waals surface area contributed by atoms with E-state index < -0.39 is 28.2 Å². The van der Waals surface area contributed by atoms with Crippen LogP contribution in [0.4, 0.5) is 0 Å². The Labute approximate surface area is 160 Å². The first-order valence-electron chi connectivity index (χ1n) is 10.3. The molecule has 0 rings (SSSR count). The van der Waals surface area contributed by atoms with Gasteiger partial charge in [0.15, 0.2) is 0 Å². The minimum Gasteiger partial charge on any atom is -0.481 e. The minimum atomic E-state index is -1.31. The van der Waals surface area contributed by atoms with Crippen molar-refractivity contribution in [2.75, 3.05) is 0 Å². The quantitative estimate of drug-likeness (QED) is 0.436. The fraction of sp³-hybridized carbons (Fsp3) is 0.909. The lowest BCUT2D eigenvalue weighted by atomic mass is 9.43. The van der Waals surface area contributed by atoms with Crippen molar-refractivity contribution in [1.82, 2.24) is 0 Å². The van der Waals surface area contributed by atoms with Crippen LogP contribution < -0.4 is 0 Å². The first-order valence-corrected chi connectivity index (χ1v) is 10.3. The van der Waals surface area contributed by atoms with E-state index in [2.05, 4.69) is 27.7 Å². The molecule has 0 saturated heterocycles. The Morgan fingerprint density at radius 3 is 1.58 bits per heavy atom. The summed E-state index contributed by atoms with van der Waals surface area (Å²) in [6, 6.07) is 0. The number of carboxylic acids is 2. The normalized spacial score (nSPS) is 19.2. The lowest BCUT2D eigenvalue weighted by Gasteiger charge is -2.57. The van der Waals surface area contributed by atoms with Crippen LogP contribution in [0.2, 0.25) is 0 Å². The van der Waals surface area contributed by atoms with Crippen LogP contribution in [-0.2, 0) is 9.59 Å². The molecular formula is C22H42O4. The first-order chi connectivity index (χ1) is 11.8. The van der Waals surface area contributed by atoms with Crippen molar-refractivity contribution in [2.24, 2.45) is 34.0 Å². The number of carboxylic acid groups (broad SMARTS) is 2. The largest absolute Gasteiger partial charge is 0.481 e. The molecule has 3 unspecified atom stereocenters. The molecule has 3 atom stereocenters. The van der Waals surface area contributed by atoms with Crippen LogP contribution >= 0.6 is 0 Å². The van der Waals surface area contributed by atoms with Gasteiger partial charge in [-0.05, 0) is 48.9 Å². The molecular weight excluding hydrogens is 328 g/mol. The third-order valence-electron chi connectivity index (χ3n) is 6.74. The van der Waals surface area contributed by atoms with Crippen LogP contribution in [0.25, 0.3) is 0 Å². The Kier molecular flexibility index (Phi) is 8.86. The topological polar surface area (TPSA) is 74.6 Å². The molecule has 0 aromatic heterocycles. The average molecular weight is 371 g/mol. The number of carbonyl (C=O) groups is 2. The summed E-state index contributed by atoms with van der Waals surface area (Å²) < 4.78 is 0. The van der Waals surface area contributed by atoms with Crippen LogP contribution in [0.15, 0.2) is 0 Å². The Balaban J connectivity index is 6.89. The van der Waals surface area contributed by atoms with E-state index in [1.54, 1.807) is 0 Å². The van der Waals surface area contributed by atoms with Gasteiger partial charge < -0.3 is 10.2 Å². The number of hydrogen-bond acceptors (Lipinski definition) is 2. The van der Waals surface area contributed by atoms with Crippen LogP contribution in [-0.4, -0.2) is 22.2 Å². The molecule has 0 heterocycles. The van der Waals surface area contributed by atoms with Crippen molar-refractivity contribution in [1.29, 1.82) is 0 Å². The van der Waals surface area contributed by atoms with Gasteiger partial charge in [0, 0.05) is 0 Å². The molecule has 4 nitrogen and oxygen atoms in total. The third-order valence-corrected chi connectivity index (χ3v) is 6.74. The van der Waals surface area contributed by atoms with E-state index in [1.807, 2.05) is 34.6 Å². The zero-order chi connectivity index (χ0) is 20.9. The summed E-state index contributed by atoms with van der Waals surface area (Å²) in [7, 11) is 0. The molecule has 0 aromatic carbocycles. The van der Waals surface area contributed by atoms with Gasteiger partial charge in [-0.1, -0.05) is 68.7 Å². The standard InChI is InChI=1S/C22H42O4/c1-10-21(17(7)8,18(23)24)22(11-2,19(25)26)20(9,14-16(5)6)13-12-15(3)4/h15-17H,10-14H2,1-9H3,(H,23,24)(H,25,26). The van der Waals surface area contributed by atoms with Gasteiger partial charge in [0.25, 0.3) is 0 Å². The summed E-state index contributed by atoms with van der Waals surface area (Å²) in [6.45, 7) is 17.9. The van der Waals surface area contributed by atoms with Crippen molar-refractivity contribution in [3.8, 4) is 0 Å². The van der Waals surface area contributed by atoms with Gasteiger partial charge in [0.05, 0.1) is 10.8 Å². The second-order valence-corrected chi connectivity index (χ2v) is 9.44. The van der Waals surface area contributed by atoms with Crippen molar-refractivity contribution in [3.63, 3.8) is 0 Å². The van der Waals surface area contributed by atoms with E-state index in [0.29, 0.717) is 31.1 Å². The maximum absolute atomic E-state index is 12.9. The lowest BCUT2D eigenvalue weighted by molar-refractivity contribution is -0.201. The predicted octanol–water partition coefficient (Wildman–Crippen LogP) is 6.09. The van der Waals surface area contributed by atoms with E-state index in [1.165, 1.54) is 0 Å². The molecule has 0 aliphatic heterocycles. The summed E-state index contributed by atoms with van der Waals surface area (Å²) in [5, 5.41) is 20.9. The molecule has 0 fully saturated rings. The zero-order valence-electron chi connectivity index (χ0n) is 18.5. The maximum atomic E-state index is 12.9. The van der Waals surface area contributed by atoms with Gasteiger partial charge in [-0.25, -0.2) is 0 Å². The fourth-order valence-corrected chi connectivity index (χ4v) is 5.66. The maximum Gasteiger partial charge on any atom is 0.311 e. The number of rotatable bonds is 12. The number of hydrogen-bond donors (Lipinski definition) is 2. The highest BCUT2D eigenvalue weighted by atomic mass is 16.4. The highest BCUT2D eigenvalue weighted by molar-refractivity contribution is 5.87.